The quantitative estimate of drug-likeness (QED) is 0.240. The van der Waals surface area contributed by atoms with E-state index in [9.17, 15) is 0 Å². The van der Waals surface area contributed by atoms with Gasteiger partial charge in [-0.05, 0) is 49.2 Å². The van der Waals surface area contributed by atoms with E-state index in [0.29, 0.717) is 0 Å². The molecule has 3 heteroatoms. The molecule has 38 heavy (non-hydrogen) atoms. The number of nitrogens with zero attached hydrogens (tertiary/aromatic N) is 3. The highest BCUT2D eigenvalue weighted by atomic mass is 15.0. The van der Waals surface area contributed by atoms with Crippen LogP contribution < -0.4 is 0 Å². The zero-order chi connectivity index (χ0) is 25.1. The normalized spacial score (nSPS) is 18.1. The van der Waals surface area contributed by atoms with Gasteiger partial charge < -0.3 is 4.57 Å². The Labute approximate surface area is 221 Å². The molecule has 1 unspecified atom stereocenters. The number of rotatable bonds is 2. The molecule has 1 atom stereocenters. The number of benzene rings is 4. The average molecular weight is 488 g/mol. The molecule has 0 fully saturated rings. The highest BCUT2D eigenvalue weighted by Gasteiger charge is 2.31. The summed E-state index contributed by atoms with van der Waals surface area (Å²) >= 11 is 0. The molecule has 0 N–H and O–H groups in total. The molecule has 0 bridgehead atoms. The summed E-state index contributed by atoms with van der Waals surface area (Å²) in [6.45, 7) is 0. The molecule has 8 rings (SSSR count). The minimum atomic E-state index is 0.260. The lowest BCUT2D eigenvalue weighted by atomic mass is 9.86. The average Bonchev–Trinajstić information content (AvgIpc) is 3.48. The Morgan fingerprint density at radius 1 is 0.684 bits per heavy atom. The van der Waals surface area contributed by atoms with Crippen molar-refractivity contribution in [1.29, 1.82) is 0 Å². The van der Waals surface area contributed by atoms with Crippen molar-refractivity contribution < 1.29 is 0 Å². The molecule has 0 spiro atoms. The van der Waals surface area contributed by atoms with E-state index in [0.717, 1.165) is 52.1 Å². The molecule has 0 saturated carbocycles. The summed E-state index contributed by atoms with van der Waals surface area (Å²) in [5.74, 6) is 0.260. The smallest absolute Gasteiger partial charge is 0.0787 e. The number of aromatic nitrogens is 2. The monoisotopic (exact) mass is 487 g/mol. The molecular weight excluding hydrogens is 462 g/mol. The maximum absolute atomic E-state index is 5.23. The number of hydrogen-bond acceptors (Lipinski definition) is 2. The van der Waals surface area contributed by atoms with E-state index in [1.807, 2.05) is 0 Å². The molecular formula is C35H25N3. The predicted octanol–water partition coefficient (Wildman–Crippen LogP) is 9.07. The van der Waals surface area contributed by atoms with Crippen molar-refractivity contribution in [3.63, 3.8) is 0 Å². The third-order valence-corrected chi connectivity index (χ3v) is 7.96. The Morgan fingerprint density at radius 3 is 2.13 bits per heavy atom. The lowest BCUT2D eigenvalue weighted by Gasteiger charge is -2.18. The molecule has 0 saturated heterocycles. The van der Waals surface area contributed by atoms with Crippen LogP contribution in [0.3, 0.4) is 0 Å². The topological polar surface area (TPSA) is 30.2 Å². The summed E-state index contributed by atoms with van der Waals surface area (Å²) in [4.78, 5) is 10.4. The maximum Gasteiger partial charge on any atom is 0.0787 e. The molecule has 2 aliphatic rings. The second-order valence-corrected chi connectivity index (χ2v) is 10.1. The SMILES string of the molecule is C1=C\CCC2C(=Nc3c2c(-c2ccc(-n4c5ccccc5c5ccccc54)cc2)nc2ccccc32)\C=C/1. The number of aliphatic imine (C=N–C) groups is 1. The van der Waals surface area contributed by atoms with Gasteiger partial charge in [0.2, 0.25) is 0 Å². The Bertz CT molecular complexity index is 1920. The summed E-state index contributed by atoms with van der Waals surface area (Å²) in [7, 11) is 0. The number of pyridine rings is 1. The standard InChI is InChI=1S/C35H25N3/c1-2-4-15-29-27(13-3-1)33-34(36-30-16-8-5-14-28(30)35(33)37-29)23-19-21-24(22-20-23)38-31-17-9-6-11-25(31)26-12-7-10-18-32(26)38/h1-2,4-12,14-22,27H,3,13H2/b2-1-,15-4-. The van der Waals surface area contributed by atoms with E-state index in [2.05, 4.69) is 126 Å². The molecule has 0 radical (unpaired) electrons. The van der Waals surface area contributed by atoms with Gasteiger partial charge in [0.25, 0.3) is 0 Å². The molecule has 3 nitrogen and oxygen atoms in total. The predicted molar refractivity (Wildman–Crippen MR) is 159 cm³/mol. The first kappa shape index (κ1) is 21.3. The van der Waals surface area contributed by atoms with Crippen LogP contribution in [-0.2, 0) is 0 Å². The van der Waals surface area contributed by atoms with Gasteiger partial charge in [-0.1, -0.05) is 85.0 Å². The van der Waals surface area contributed by atoms with Crippen LogP contribution in [0.5, 0.6) is 0 Å². The fraction of sp³-hybridized carbons (Fsp3) is 0.0857. The first-order valence-corrected chi connectivity index (χ1v) is 13.3. The Kier molecular flexibility index (Phi) is 4.71. The van der Waals surface area contributed by atoms with Gasteiger partial charge in [-0.25, -0.2) is 4.98 Å². The Morgan fingerprint density at radius 2 is 1.37 bits per heavy atom. The third kappa shape index (κ3) is 3.15. The van der Waals surface area contributed by atoms with Crippen molar-refractivity contribution in [2.45, 2.75) is 18.8 Å². The van der Waals surface area contributed by atoms with Gasteiger partial charge in [0.15, 0.2) is 0 Å². The number of hydrogen-bond donors (Lipinski definition) is 0. The first-order valence-electron chi connectivity index (χ1n) is 13.3. The van der Waals surface area contributed by atoms with E-state index in [1.54, 1.807) is 0 Å². The molecule has 0 amide bonds. The largest absolute Gasteiger partial charge is 0.309 e. The zero-order valence-corrected chi connectivity index (χ0v) is 20.9. The lowest BCUT2D eigenvalue weighted by Crippen LogP contribution is -2.08. The van der Waals surface area contributed by atoms with Crippen molar-refractivity contribution in [3.05, 3.63) is 127 Å². The van der Waals surface area contributed by atoms with Crippen molar-refractivity contribution >= 4 is 44.1 Å². The minimum absolute atomic E-state index is 0.260. The third-order valence-electron chi connectivity index (χ3n) is 7.96. The van der Waals surface area contributed by atoms with Crippen molar-refractivity contribution in [2.75, 3.05) is 0 Å². The Hall–Kier alpha value is -4.76. The minimum Gasteiger partial charge on any atom is -0.309 e. The second-order valence-electron chi connectivity index (χ2n) is 10.1. The number of para-hydroxylation sites is 3. The van der Waals surface area contributed by atoms with Crippen molar-refractivity contribution in [1.82, 2.24) is 9.55 Å². The first-order chi connectivity index (χ1) is 18.9. The fourth-order valence-electron chi connectivity index (χ4n) is 6.24. The van der Waals surface area contributed by atoms with Crippen LogP contribution in [0.15, 0.2) is 126 Å². The molecule has 1 aliphatic heterocycles. The van der Waals surface area contributed by atoms with Gasteiger partial charge in [-0.3, -0.25) is 4.99 Å². The van der Waals surface area contributed by atoms with Crippen LogP contribution in [0.2, 0.25) is 0 Å². The van der Waals surface area contributed by atoms with Crippen LogP contribution in [0.4, 0.5) is 5.69 Å². The summed E-state index contributed by atoms with van der Waals surface area (Å²) in [6.07, 6.45) is 10.7. The highest BCUT2D eigenvalue weighted by Crippen LogP contribution is 2.47. The zero-order valence-electron chi connectivity index (χ0n) is 20.9. The van der Waals surface area contributed by atoms with Crippen LogP contribution in [0.25, 0.3) is 49.7 Å². The molecule has 1 aliphatic carbocycles. The van der Waals surface area contributed by atoms with Crippen LogP contribution in [-0.4, -0.2) is 15.3 Å². The molecule has 4 aromatic carbocycles. The van der Waals surface area contributed by atoms with Gasteiger partial charge >= 0.3 is 0 Å². The maximum atomic E-state index is 5.23. The molecule has 180 valence electrons. The molecule has 2 aromatic heterocycles. The van der Waals surface area contributed by atoms with Gasteiger partial charge in [0.05, 0.1) is 27.9 Å². The van der Waals surface area contributed by atoms with E-state index in [1.165, 1.54) is 27.4 Å². The molecule has 6 aromatic rings. The van der Waals surface area contributed by atoms with E-state index >= 15 is 0 Å². The highest BCUT2D eigenvalue weighted by molar-refractivity contribution is 6.12. The Balaban J connectivity index is 1.31. The van der Waals surface area contributed by atoms with E-state index < -0.39 is 0 Å². The number of fused-ring (bicyclic) bond motifs is 8. The summed E-state index contributed by atoms with van der Waals surface area (Å²) in [5, 5.41) is 3.68. The van der Waals surface area contributed by atoms with Crippen LogP contribution in [0.1, 0.15) is 24.3 Å². The number of allylic oxidation sites excluding steroid dienone is 4. The van der Waals surface area contributed by atoms with Crippen molar-refractivity contribution in [3.8, 4) is 16.9 Å². The fourth-order valence-corrected chi connectivity index (χ4v) is 6.24. The van der Waals surface area contributed by atoms with E-state index in [-0.39, 0.29) is 5.92 Å². The second kappa shape index (κ2) is 8.39. The van der Waals surface area contributed by atoms with Gasteiger partial charge in [0, 0.05) is 44.6 Å². The summed E-state index contributed by atoms with van der Waals surface area (Å²) in [5.41, 5.74) is 10.3. The molecule has 3 heterocycles. The van der Waals surface area contributed by atoms with Crippen LogP contribution in [0, 0.1) is 0 Å². The van der Waals surface area contributed by atoms with Gasteiger partial charge in [0.1, 0.15) is 0 Å². The van der Waals surface area contributed by atoms with Gasteiger partial charge in [-0.2, -0.15) is 0 Å². The van der Waals surface area contributed by atoms with E-state index in [4.69, 9.17) is 9.98 Å². The van der Waals surface area contributed by atoms with Crippen LogP contribution >= 0.6 is 0 Å². The van der Waals surface area contributed by atoms with Gasteiger partial charge in [-0.15, -0.1) is 0 Å². The summed E-state index contributed by atoms with van der Waals surface area (Å²) < 4.78 is 2.36. The van der Waals surface area contributed by atoms with Crippen molar-refractivity contribution in [2.24, 2.45) is 4.99 Å². The lowest BCUT2D eigenvalue weighted by molar-refractivity contribution is 0.795. The summed E-state index contributed by atoms with van der Waals surface area (Å²) in [6, 6.07) is 34.6.